The van der Waals surface area contributed by atoms with Crippen LogP contribution in [0.1, 0.15) is 44.1 Å². The van der Waals surface area contributed by atoms with E-state index in [2.05, 4.69) is 16.0 Å². The van der Waals surface area contributed by atoms with Gasteiger partial charge in [0.2, 0.25) is 0 Å². The van der Waals surface area contributed by atoms with Crippen LogP contribution in [0.4, 0.5) is 24.0 Å². The van der Waals surface area contributed by atoms with Gasteiger partial charge in [0.05, 0.1) is 56.4 Å². The zero-order valence-corrected chi connectivity index (χ0v) is 28.3. The maximum Gasteiger partial charge on any atom is 0.319 e. The number of alkyl halides is 1. The first-order chi connectivity index (χ1) is 24.2. The first kappa shape index (κ1) is 31.9. The molecule has 6 heterocycles. The summed E-state index contributed by atoms with van der Waals surface area (Å²) >= 11 is 8.02. The van der Waals surface area contributed by atoms with Crippen molar-refractivity contribution >= 4 is 54.7 Å². The molecule has 1 aliphatic carbocycles. The van der Waals surface area contributed by atoms with Crippen molar-refractivity contribution in [2.75, 3.05) is 50.2 Å². The van der Waals surface area contributed by atoms with Gasteiger partial charge in [0.1, 0.15) is 47.6 Å². The second-order valence-corrected chi connectivity index (χ2v) is 15.5. The lowest BCUT2D eigenvalue weighted by molar-refractivity contribution is 0.107. The summed E-state index contributed by atoms with van der Waals surface area (Å²) in [5.41, 5.74) is 4.73. The molecule has 1 saturated carbocycles. The Labute approximate surface area is 294 Å². The van der Waals surface area contributed by atoms with E-state index in [0.717, 1.165) is 30.7 Å². The van der Waals surface area contributed by atoms with Crippen molar-refractivity contribution in [2.45, 2.75) is 62.3 Å². The number of ether oxygens (including phenoxy) is 3. The van der Waals surface area contributed by atoms with Crippen molar-refractivity contribution in [3.63, 3.8) is 0 Å². The highest BCUT2D eigenvalue weighted by atomic mass is 35.5. The third-order valence-electron chi connectivity index (χ3n) is 11.3. The zero-order valence-electron chi connectivity index (χ0n) is 26.8. The Hall–Kier alpha value is -4.08. The molecule has 0 bridgehead atoms. The molecule has 1 unspecified atom stereocenters. The van der Waals surface area contributed by atoms with E-state index in [4.69, 9.17) is 36.5 Å². The van der Waals surface area contributed by atoms with E-state index < -0.39 is 34.8 Å². The molecule has 2 aromatic carbocycles. The second kappa shape index (κ2) is 11.5. The zero-order chi connectivity index (χ0) is 34.5. The van der Waals surface area contributed by atoms with Crippen LogP contribution in [0.2, 0.25) is 5.02 Å². The number of halogens is 4. The van der Waals surface area contributed by atoms with E-state index in [1.54, 1.807) is 0 Å². The third-order valence-corrected chi connectivity index (χ3v) is 12.7. The number of nitrogens with zero attached hydrogens (tertiary/aromatic N) is 6. The van der Waals surface area contributed by atoms with Gasteiger partial charge in [0, 0.05) is 30.5 Å². The van der Waals surface area contributed by atoms with E-state index in [-0.39, 0.29) is 78.7 Å². The number of hydrogen-bond acceptors (Lipinski definition) is 11. The number of rotatable bonds is 6. The highest BCUT2D eigenvalue weighted by Gasteiger charge is 2.56. The summed E-state index contributed by atoms with van der Waals surface area (Å²) in [6.07, 6.45) is 2.95. The second-order valence-electron chi connectivity index (χ2n) is 14.0. The minimum Gasteiger partial charge on any atom is -0.489 e. The third kappa shape index (κ3) is 4.58. The number of fused-ring (bicyclic) bond motifs is 2. The molecule has 15 heteroatoms. The van der Waals surface area contributed by atoms with E-state index in [1.165, 1.54) is 12.1 Å². The van der Waals surface area contributed by atoms with Crippen LogP contribution in [0.15, 0.2) is 12.1 Å². The van der Waals surface area contributed by atoms with E-state index in [9.17, 15) is 14.9 Å². The summed E-state index contributed by atoms with van der Waals surface area (Å²) in [6.45, 7) is 2.12. The number of benzene rings is 2. The Morgan fingerprint density at radius 1 is 1.16 bits per heavy atom. The Kier molecular flexibility index (Phi) is 7.31. The minimum atomic E-state index is -0.973. The molecule has 4 atom stereocenters. The molecule has 50 heavy (non-hydrogen) atoms. The molecular weight excluding hydrogens is 691 g/mol. The normalized spacial score (nSPS) is 26.8. The maximum absolute atomic E-state index is 17.4. The first-order valence-electron chi connectivity index (χ1n) is 16.7. The molecule has 9 rings (SSSR count). The van der Waals surface area contributed by atoms with Crippen molar-refractivity contribution in [2.24, 2.45) is 5.41 Å². The van der Waals surface area contributed by atoms with Crippen molar-refractivity contribution in [1.29, 1.82) is 10.5 Å². The minimum absolute atomic E-state index is 0.00881. The first-order valence-corrected chi connectivity index (χ1v) is 17.9. The largest absolute Gasteiger partial charge is 0.489 e. The van der Waals surface area contributed by atoms with Gasteiger partial charge < -0.3 is 24.8 Å². The van der Waals surface area contributed by atoms with Crippen LogP contribution < -0.4 is 20.1 Å². The molecule has 0 spiro atoms. The van der Waals surface area contributed by atoms with Crippen LogP contribution in [0.3, 0.4) is 0 Å². The molecule has 4 fully saturated rings. The molecule has 0 amide bonds. The predicted molar refractivity (Wildman–Crippen MR) is 181 cm³/mol. The lowest BCUT2D eigenvalue weighted by Gasteiger charge is -2.38. The maximum atomic E-state index is 17.4. The van der Waals surface area contributed by atoms with Crippen molar-refractivity contribution < 1.29 is 27.4 Å². The smallest absolute Gasteiger partial charge is 0.319 e. The molecule has 258 valence electrons. The highest BCUT2D eigenvalue weighted by Crippen LogP contribution is 2.56. The summed E-state index contributed by atoms with van der Waals surface area (Å²) in [5, 5.41) is 20.7. The molecule has 2 N–H and O–H groups in total. The predicted octanol–water partition coefficient (Wildman–Crippen LogP) is 6.51. The van der Waals surface area contributed by atoms with Crippen LogP contribution >= 0.6 is 22.9 Å². The fourth-order valence-electron chi connectivity index (χ4n) is 8.65. The van der Waals surface area contributed by atoms with Gasteiger partial charge in [0.25, 0.3) is 0 Å². The number of aromatic nitrogens is 2. The molecular formula is C35H31ClF3N7O3S. The number of nitriles is 2. The fraction of sp³-hybridized carbons (Fsp3) is 0.486. The molecule has 5 aliphatic rings. The highest BCUT2D eigenvalue weighted by molar-refractivity contribution is 7.23. The van der Waals surface area contributed by atoms with Gasteiger partial charge in [-0.15, -0.1) is 11.3 Å². The van der Waals surface area contributed by atoms with Crippen molar-refractivity contribution in [1.82, 2.24) is 14.9 Å². The number of thiophene rings is 1. The number of hydrogen-bond donors (Lipinski definition) is 1. The van der Waals surface area contributed by atoms with Crippen LogP contribution in [0, 0.1) is 39.7 Å². The van der Waals surface area contributed by atoms with Crippen LogP contribution in [0.5, 0.6) is 11.8 Å². The van der Waals surface area contributed by atoms with Gasteiger partial charge in [-0.1, -0.05) is 17.7 Å². The fourth-order valence-corrected chi connectivity index (χ4v) is 9.94. The average molecular weight is 722 g/mol. The Morgan fingerprint density at radius 2 is 2.00 bits per heavy atom. The Morgan fingerprint density at radius 3 is 2.74 bits per heavy atom. The Bertz CT molecular complexity index is 2180. The van der Waals surface area contributed by atoms with Crippen LogP contribution in [-0.2, 0) is 4.74 Å². The molecule has 4 aromatic rings. The van der Waals surface area contributed by atoms with Gasteiger partial charge in [0.15, 0.2) is 11.6 Å². The summed E-state index contributed by atoms with van der Waals surface area (Å²) in [5.74, 6) is -1.04. The standard InChI is InChI=1S/C35H31ClF3N7O3S/c36-26-24(19-2-3-21(38)30-23(19)20(11-40)31(42)50-30)27(39)28-25-29(26)48-14-22(34(15-41)6-7-34)46(18-4-9-47-13-18)32(25)44-33(43-28)49-16-35-5-1-8-45(35)12-17(37)10-35/h2-3,17-18,22H,1,4-10,12-14,16,42H2/t17-,18?,22-,35+/m1/s1. The SMILES string of the molecule is N#Cc1c(N)sc2c(F)ccc(-c3c(Cl)c4c5c(nc(OC[C@@]67CCCN6C[C@H](F)C7)nc5c3F)N(C3CCOC3)[C@@H](C3(C#N)CC3)CO4)c12. The Balaban J connectivity index is 1.29. The van der Waals surface area contributed by atoms with Gasteiger partial charge in [-0.05, 0) is 50.3 Å². The topological polar surface area (TPSA) is 134 Å². The van der Waals surface area contributed by atoms with E-state index in [0.29, 0.717) is 51.3 Å². The average Bonchev–Trinajstić information content (AvgIpc) is 3.33. The molecule has 0 radical (unpaired) electrons. The summed E-state index contributed by atoms with van der Waals surface area (Å²) in [6, 6.07) is 6.29. The van der Waals surface area contributed by atoms with Gasteiger partial charge in [-0.2, -0.15) is 20.5 Å². The molecule has 4 aliphatic heterocycles. The van der Waals surface area contributed by atoms with Gasteiger partial charge in [-0.3, -0.25) is 4.90 Å². The molecule has 10 nitrogen and oxygen atoms in total. The number of nitrogen functional groups attached to an aromatic ring is 1. The molecule has 2 aromatic heterocycles. The number of anilines is 2. The number of nitrogens with two attached hydrogens (primary N) is 1. The van der Waals surface area contributed by atoms with Gasteiger partial charge >= 0.3 is 6.01 Å². The lowest BCUT2D eigenvalue weighted by atomic mass is 9.94. The van der Waals surface area contributed by atoms with Crippen LogP contribution in [0.25, 0.3) is 32.1 Å². The molecule has 3 saturated heterocycles. The van der Waals surface area contributed by atoms with E-state index >= 15 is 8.78 Å². The lowest BCUT2D eigenvalue weighted by Crippen LogP contribution is -2.51. The van der Waals surface area contributed by atoms with Crippen molar-refractivity contribution in [3.05, 3.63) is 34.4 Å². The summed E-state index contributed by atoms with van der Waals surface area (Å²) in [7, 11) is 0. The van der Waals surface area contributed by atoms with E-state index in [1.807, 2.05) is 11.0 Å². The summed E-state index contributed by atoms with van der Waals surface area (Å²) in [4.78, 5) is 13.7. The monoisotopic (exact) mass is 721 g/mol. The van der Waals surface area contributed by atoms with Crippen molar-refractivity contribution in [3.8, 4) is 35.0 Å². The quantitative estimate of drug-likeness (QED) is 0.235. The van der Waals surface area contributed by atoms with Gasteiger partial charge in [-0.25, -0.2) is 13.2 Å². The van der Waals surface area contributed by atoms with Crippen LogP contribution in [-0.4, -0.2) is 78.2 Å². The summed E-state index contributed by atoms with van der Waals surface area (Å²) < 4.78 is 65.8.